The van der Waals surface area contributed by atoms with Crippen LogP contribution in [0.25, 0.3) is 16.8 Å². The van der Waals surface area contributed by atoms with E-state index in [1.54, 1.807) is 30.4 Å². The standard InChI is InChI=1S/C29H26N4O4/c1-3-33-27-23(29(36)32(2)24-10-6-15-30-28(24)33)17-19(18-31-27)14-16-37-25-11-5-8-21-20(12-13-26(34)35)7-4-9-22(21)25/h4-13,15,17-18H,3,14,16H2,1-2H3,(H,34,35)/b13-12+. The van der Waals surface area contributed by atoms with Gasteiger partial charge in [0.1, 0.15) is 11.6 Å². The van der Waals surface area contributed by atoms with Crippen LogP contribution in [0, 0.1) is 0 Å². The maximum Gasteiger partial charge on any atom is 0.328 e. The largest absolute Gasteiger partial charge is 0.493 e. The smallest absolute Gasteiger partial charge is 0.328 e. The summed E-state index contributed by atoms with van der Waals surface area (Å²) < 4.78 is 6.13. The summed E-state index contributed by atoms with van der Waals surface area (Å²) in [5.41, 5.74) is 2.96. The minimum absolute atomic E-state index is 0.133. The van der Waals surface area contributed by atoms with Gasteiger partial charge in [-0.15, -0.1) is 0 Å². The van der Waals surface area contributed by atoms with Gasteiger partial charge in [0.05, 0.1) is 17.9 Å². The summed E-state index contributed by atoms with van der Waals surface area (Å²) in [4.78, 5) is 37.0. The fraction of sp³-hybridized carbons (Fsp3) is 0.172. The van der Waals surface area contributed by atoms with E-state index in [2.05, 4.69) is 9.97 Å². The van der Waals surface area contributed by atoms with Crippen LogP contribution in [-0.4, -0.2) is 47.2 Å². The van der Waals surface area contributed by atoms with Crippen LogP contribution in [0.4, 0.5) is 17.3 Å². The fourth-order valence-electron chi connectivity index (χ4n) is 4.57. The third-order valence-electron chi connectivity index (χ3n) is 6.38. The third kappa shape index (κ3) is 4.61. The summed E-state index contributed by atoms with van der Waals surface area (Å²) in [5.74, 6) is 0.881. The molecule has 186 valence electrons. The minimum Gasteiger partial charge on any atom is -0.493 e. The number of ether oxygens (including phenoxy) is 1. The van der Waals surface area contributed by atoms with Crippen molar-refractivity contribution in [1.82, 2.24) is 9.97 Å². The number of hydrogen-bond donors (Lipinski definition) is 1. The lowest BCUT2D eigenvalue weighted by Gasteiger charge is -2.22. The molecule has 37 heavy (non-hydrogen) atoms. The molecule has 1 N–H and O–H groups in total. The van der Waals surface area contributed by atoms with Gasteiger partial charge in [0.25, 0.3) is 5.91 Å². The predicted molar refractivity (Wildman–Crippen MR) is 144 cm³/mol. The fourth-order valence-corrected chi connectivity index (χ4v) is 4.57. The predicted octanol–water partition coefficient (Wildman–Crippen LogP) is 5.10. The SMILES string of the molecule is CCN1c2ncc(CCOc3cccc4c(/C=C/C(=O)O)cccc34)cc2C(=O)N(C)c2cccnc21. The van der Waals surface area contributed by atoms with E-state index >= 15 is 0 Å². The summed E-state index contributed by atoms with van der Waals surface area (Å²) >= 11 is 0. The summed E-state index contributed by atoms with van der Waals surface area (Å²) in [5, 5.41) is 10.8. The second-order valence-corrected chi connectivity index (χ2v) is 8.64. The Morgan fingerprint density at radius 3 is 2.68 bits per heavy atom. The van der Waals surface area contributed by atoms with E-state index in [0.29, 0.717) is 42.5 Å². The van der Waals surface area contributed by atoms with E-state index in [4.69, 9.17) is 9.84 Å². The maximum atomic E-state index is 13.3. The van der Waals surface area contributed by atoms with Gasteiger partial charge in [0, 0.05) is 43.9 Å². The molecule has 0 radical (unpaired) electrons. The number of pyridine rings is 2. The highest BCUT2D eigenvalue weighted by Gasteiger charge is 2.30. The molecule has 0 fully saturated rings. The number of benzene rings is 2. The van der Waals surface area contributed by atoms with Crippen LogP contribution in [0.15, 0.2) is 73.1 Å². The molecule has 0 saturated heterocycles. The van der Waals surface area contributed by atoms with Crippen molar-refractivity contribution in [3.8, 4) is 5.75 Å². The highest BCUT2D eigenvalue weighted by Crippen LogP contribution is 2.37. The molecule has 2 aromatic carbocycles. The minimum atomic E-state index is -0.995. The number of nitrogens with zero attached hydrogens (tertiary/aromatic N) is 4. The molecular weight excluding hydrogens is 468 g/mol. The zero-order valence-corrected chi connectivity index (χ0v) is 20.6. The van der Waals surface area contributed by atoms with E-state index in [-0.39, 0.29) is 5.91 Å². The molecule has 0 spiro atoms. The Kier molecular flexibility index (Phi) is 6.55. The number of rotatable bonds is 7. The Morgan fingerprint density at radius 2 is 1.86 bits per heavy atom. The van der Waals surface area contributed by atoms with E-state index in [1.807, 2.05) is 66.4 Å². The molecule has 0 bridgehead atoms. The second kappa shape index (κ2) is 10.1. The first kappa shape index (κ1) is 24.0. The van der Waals surface area contributed by atoms with Crippen molar-refractivity contribution in [2.24, 2.45) is 0 Å². The topological polar surface area (TPSA) is 95.9 Å². The molecule has 0 aliphatic carbocycles. The first-order chi connectivity index (χ1) is 18.0. The first-order valence-corrected chi connectivity index (χ1v) is 12.0. The van der Waals surface area contributed by atoms with Crippen molar-refractivity contribution in [1.29, 1.82) is 0 Å². The molecule has 8 nitrogen and oxygen atoms in total. The number of carbonyl (C=O) groups excluding carboxylic acids is 1. The number of hydrogen-bond acceptors (Lipinski definition) is 6. The molecule has 1 aliphatic rings. The van der Waals surface area contributed by atoms with Gasteiger partial charge in [0.2, 0.25) is 0 Å². The summed E-state index contributed by atoms with van der Waals surface area (Å²) in [6.45, 7) is 3.02. The first-order valence-electron chi connectivity index (χ1n) is 12.0. The third-order valence-corrected chi connectivity index (χ3v) is 6.38. The highest BCUT2D eigenvalue weighted by molar-refractivity contribution is 6.12. The number of amides is 1. The van der Waals surface area contributed by atoms with Gasteiger partial charge in [-0.2, -0.15) is 0 Å². The zero-order valence-electron chi connectivity index (χ0n) is 20.6. The number of carboxylic acids is 1. The van der Waals surface area contributed by atoms with Crippen molar-refractivity contribution >= 4 is 46.0 Å². The average molecular weight is 495 g/mol. The number of aliphatic carboxylic acids is 1. The molecular formula is C29H26N4O4. The van der Waals surface area contributed by atoms with E-state index in [0.717, 1.165) is 33.7 Å². The molecule has 0 atom stereocenters. The van der Waals surface area contributed by atoms with Crippen molar-refractivity contribution in [3.63, 3.8) is 0 Å². The summed E-state index contributed by atoms with van der Waals surface area (Å²) in [7, 11) is 1.75. The molecule has 0 saturated carbocycles. The number of carbonyl (C=O) groups is 2. The van der Waals surface area contributed by atoms with Gasteiger partial charge < -0.3 is 19.6 Å². The van der Waals surface area contributed by atoms with Crippen LogP contribution in [0.1, 0.15) is 28.4 Å². The van der Waals surface area contributed by atoms with Crippen molar-refractivity contribution < 1.29 is 19.4 Å². The molecule has 4 aromatic rings. The number of anilines is 3. The van der Waals surface area contributed by atoms with Crippen LogP contribution in [0.3, 0.4) is 0 Å². The normalized spacial score (nSPS) is 13.0. The lowest BCUT2D eigenvalue weighted by atomic mass is 10.0. The molecule has 5 rings (SSSR count). The zero-order chi connectivity index (χ0) is 25.9. The molecule has 2 aromatic heterocycles. The van der Waals surface area contributed by atoms with Gasteiger partial charge >= 0.3 is 5.97 Å². The second-order valence-electron chi connectivity index (χ2n) is 8.64. The Labute approximate surface area is 214 Å². The van der Waals surface area contributed by atoms with Crippen molar-refractivity contribution in [3.05, 3.63) is 89.8 Å². The van der Waals surface area contributed by atoms with Crippen LogP contribution in [-0.2, 0) is 11.2 Å². The molecule has 3 heterocycles. The molecule has 1 aliphatic heterocycles. The van der Waals surface area contributed by atoms with Crippen molar-refractivity contribution in [2.45, 2.75) is 13.3 Å². The van der Waals surface area contributed by atoms with E-state index < -0.39 is 5.97 Å². The van der Waals surface area contributed by atoms with Gasteiger partial charge in [-0.3, -0.25) is 4.79 Å². The summed E-state index contributed by atoms with van der Waals surface area (Å²) in [6, 6.07) is 17.0. The Bertz CT molecular complexity index is 1530. The highest BCUT2D eigenvalue weighted by atomic mass is 16.5. The lowest BCUT2D eigenvalue weighted by molar-refractivity contribution is -0.131. The van der Waals surface area contributed by atoms with E-state index in [1.165, 1.54) is 0 Å². The quantitative estimate of drug-likeness (QED) is 0.357. The van der Waals surface area contributed by atoms with Crippen LogP contribution in [0.2, 0.25) is 0 Å². The Hall–Kier alpha value is -4.72. The monoisotopic (exact) mass is 494 g/mol. The molecule has 0 unspecified atom stereocenters. The Morgan fingerprint density at radius 1 is 1.05 bits per heavy atom. The maximum absolute atomic E-state index is 13.3. The molecule has 1 amide bonds. The van der Waals surface area contributed by atoms with E-state index in [9.17, 15) is 9.59 Å². The van der Waals surface area contributed by atoms with Gasteiger partial charge in [-0.1, -0.05) is 30.3 Å². The van der Waals surface area contributed by atoms with Crippen molar-refractivity contribution in [2.75, 3.05) is 30.0 Å². The number of carboxylic acid groups (broad SMARTS) is 1. The van der Waals surface area contributed by atoms with Gasteiger partial charge in [0.15, 0.2) is 5.82 Å². The van der Waals surface area contributed by atoms with Crippen LogP contribution in [0.5, 0.6) is 5.75 Å². The molecule has 8 heteroatoms. The van der Waals surface area contributed by atoms with Crippen LogP contribution >= 0.6 is 0 Å². The average Bonchev–Trinajstić information content (AvgIpc) is 3.00. The van der Waals surface area contributed by atoms with Gasteiger partial charge in [-0.25, -0.2) is 14.8 Å². The number of aromatic nitrogens is 2. The number of fused-ring (bicyclic) bond motifs is 3. The van der Waals surface area contributed by atoms with Crippen LogP contribution < -0.4 is 14.5 Å². The summed E-state index contributed by atoms with van der Waals surface area (Å²) in [6.07, 6.45) is 6.76. The Balaban J connectivity index is 1.38. The lowest BCUT2D eigenvalue weighted by Crippen LogP contribution is -2.25. The van der Waals surface area contributed by atoms with Gasteiger partial charge in [-0.05, 0) is 53.8 Å².